The molecule has 0 aromatic carbocycles. The van der Waals surface area contributed by atoms with Crippen LogP contribution < -0.4 is 5.32 Å². The first-order valence-corrected chi connectivity index (χ1v) is 7.82. The first kappa shape index (κ1) is 18.2. The van der Waals surface area contributed by atoms with E-state index < -0.39 is 11.9 Å². The van der Waals surface area contributed by atoms with Crippen molar-refractivity contribution >= 4 is 11.8 Å². The molecule has 1 atom stereocenters. The third kappa shape index (κ3) is 3.85. The minimum absolute atomic E-state index is 0.132. The first-order chi connectivity index (χ1) is 11.5. The molecule has 0 spiro atoms. The number of allylic oxidation sites excluding steroid dienone is 3. The summed E-state index contributed by atoms with van der Waals surface area (Å²) in [6.45, 7) is 5.89. The Labute approximate surface area is 141 Å². The minimum Gasteiger partial charge on any atom is -0.460 e. The molecule has 0 amide bonds. The van der Waals surface area contributed by atoms with E-state index in [1.807, 2.05) is 6.08 Å². The number of ether oxygens (including phenoxy) is 2. The summed E-state index contributed by atoms with van der Waals surface area (Å²) in [6, 6.07) is 0. The third-order valence-corrected chi connectivity index (χ3v) is 3.87. The maximum atomic E-state index is 12.6. The molecule has 2 aliphatic heterocycles. The molecule has 7 nitrogen and oxygen atoms in total. The van der Waals surface area contributed by atoms with Crippen LogP contribution in [-0.2, 0) is 28.8 Å². The zero-order valence-electron chi connectivity index (χ0n) is 14.4. The van der Waals surface area contributed by atoms with Crippen molar-refractivity contribution < 1.29 is 28.8 Å². The molecule has 0 bridgehead atoms. The van der Waals surface area contributed by atoms with E-state index in [0.29, 0.717) is 47.9 Å². The average Bonchev–Trinajstić information content (AvgIpc) is 2.54. The topological polar surface area (TPSA) is 83.1 Å². The lowest BCUT2D eigenvalue weighted by Gasteiger charge is -2.31. The van der Waals surface area contributed by atoms with Crippen molar-refractivity contribution in [3.63, 3.8) is 0 Å². The third-order valence-electron chi connectivity index (χ3n) is 3.87. The van der Waals surface area contributed by atoms with Crippen molar-refractivity contribution in [1.29, 1.82) is 0 Å². The lowest BCUT2D eigenvalue weighted by atomic mass is 9.82. The highest BCUT2D eigenvalue weighted by Crippen LogP contribution is 2.37. The van der Waals surface area contributed by atoms with Gasteiger partial charge in [0.15, 0.2) is 11.5 Å². The van der Waals surface area contributed by atoms with Crippen LogP contribution in [0.25, 0.3) is 0 Å². The monoisotopic (exact) mass is 337 g/mol. The molecule has 0 saturated carbocycles. The Bertz CT molecular complexity index is 617. The number of esters is 1. The number of methoxy groups -OCH3 is 1. The fourth-order valence-corrected chi connectivity index (χ4v) is 2.87. The lowest BCUT2D eigenvalue weighted by Crippen LogP contribution is -2.34. The minimum atomic E-state index is -0.640. The Morgan fingerprint density at radius 3 is 2.54 bits per heavy atom. The van der Waals surface area contributed by atoms with E-state index in [2.05, 4.69) is 5.32 Å². The molecular weight excluding hydrogens is 314 g/mol. The maximum Gasteiger partial charge on any atom is 0.336 e. The quantitative estimate of drug-likeness (QED) is 0.449. The van der Waals surface area contributed by atoms with Crippen LogP contribution in [0.4, 0.5) is 0 Å². The molecule has 2 aliphatic rings. The summed E-state index contributed by atoms with van der Waals surface area (Å²) < 4.78 is 10.2. The van der Waals surface area contributed by atoms with Crippen LogP contribution >= 0.6 is 0 Å². The van der Waals surface area contributed by atoms with Gasteiger partial charge >= 0.3 is 5.97 Å². The number of nitrogens with one attached hydrogen (secondary N) is 1. The molecule has 2 rings (SSSR count). The molecule has 0 saturated heterocycles. The predicted octanol–water partition coefficient (Wildman–Crippen LogP) is 1.77. The predicted molar refractivity (Wildman–Crippen MR) is 85.3 cm³/mol. The van der Waals surface area contributed by atoms with Gasteiger partial charge in [-0.15, -0.1) is 0 Å². The molecule has 1 unspecified atom stereocenters. The van der Waals surface area contributed by atoms with Gasteiger partial charge in [-0.05, 0) is 33.3 Å². The second-order valence-electron chi connectivity index (χ2n) is 5.62. The van der Waals surface area contributed by atoms with Crippen LogP contribution in [0.15, 0.2) is 34.4 Å². The molecule has 132 valence electrons. The summed E-state index contributed by atoms with van der Waals surface area (Å²) in [5.41, 5.74) is 2.13. The molecule has 0 radical (unpaired) electrons. The molecule has 1 N–H and O–H groups in total. The normalized spacial score (nSPS) is 21.0. The van der Waals surface area contributed by atoms with Gasteiger partial charge in [-0.1, -0.05) is 0 Å². The van der Waals surface area contributed by atoms with E-state index in [9.17, 15) is 9.59 Å². The summed E-state index contributed by atoms with van der Waals surface area (Å²) in [4.78, 5) is 35.1. The van der Waals surface area contributed by atoms with E-state index in [0.717, 1.165) is 0 Å². The van der Waals surface area contributed by atoms with Gasteiger partial charge in [-0.25, -0.2) is 4.79 Å². The number of dihydropyridines is 1. The summed E-state index contributed by atoms with van der Waals surface area (Å²) in [5, 5.41) is 3.08. The summed E-state index contributed by atoms with van der Waals surface area (Å²) in [5.74, 6) is -0.859. The highest BCUT2D eigenvalue weighted by atomic mass is 17.2. The van der Waals surface area contributed by atoms with Crippen molar-refractivity contribution in [3.8, 4) is 0 Å². The Balaban J connectivity index is 2.40. The number of ketones is 1. The first-order valence-electron chi connectivity index (χ1n) is 7.82. The second kappa shape index (κ2) is 8.12. The highest BCUT2D eigenvalue weighted by molar-refractivity contribution is 6.01. The van der Waals surface area contributed by atoms with Gasteiger partial charge in [0.05, 0.1) is 24.7 Å². The number of carbonyl (C=O) groups excluding carboxylic acids is 2. The van der Waals surface area contributed by atoms with E-state index in [1.54, 1.807) is 13.8 Å². The van der Waals surface area contributed by atoms with Crippen LogP contribution in [0.5, 0.6) is 0 Å². The van der Waals surface area contributed by atoms with Crippen molar-refractivity contribution in [2.45, 2.75) is 27.2 Å². The highest BCUT2D eigenvalue weighted by Gasteiger charge is 2.39. The SMILES string of the molecule is COCCOC(=O)C1=C(C)NC(C)=C(C(C)=O)C1C1=CCCOO1. The fourth-order valence-electron chi connectivity index (χ4n) is 2.87. The zero-order chi connectivity index (χ0) is 17.7. The molecule has 0 aromatic rings. The molecule has 7 heteroatoms. The van der Waals surface area contributed by atoms with E-state index in [1.165, 1.54) is 14.0 Å². The Kier molecular flexibility index (Phi) is 6.16. The van der Waals surface area contributed by atoms with Gasteiger partial charge in [-0.2, -0.15) is 4.89 Å². The molecule has 24 heavy (non-hydrogen) atoms. The Morgan fingerprint density at radius 1 is 1.25 bits per heavy atom. The van der Waals surface area contributed by atoms with Crippen molar-refractivity contribution in [2.24, 2.45) is 5.92 Å². The molecule has 0 fully saturated rings. The standard InChI is InChI=1S/C17H23NO6/c1-10-14(12(3)19)16(13-6-5-7-23-24-13)15(11(2)18-10)17(20)22-9-8-21-4/h6,16,18H,5,7-9H2,1-4H3. The molecule has 2 heterocycles. The zero-order valence-corrected chi connectivity index (χ0v) is 14.4. The summed E-state index contributed by atoms with van der Waals surface area (Å²) in [7, 11) is 1.53. The van der Waals surface area contributed by atoms with Crippen LogP contribution in [0.1, 0.15) is 27.2 Å². The van der Waals surface area contributed by atoms with E-state index in [4.69, 9.17) is 19.2 Å². The van der Waals surface area contributed by atoms with Gasteiger partial charge in [-0.3, -0.25) is 4.79 Å². The van der Waals surface area contributed by atoms with Gasteiger partial charge in [0.2, 0.25) is 0 Å². The van der Waals surface area contributed by atoms with Crippen LogP contribution in [0.2, 0.25) is 0 Å². The van der Waals surface area contributed by atoms with Gasteiger partial charge in [0.25, 0.3) is 0 Å². The number of rotatable bonds is 6. The van der Waals surface area contributed by atoms with Crippen molar-refractivity contribution in [1.82, 2.24) is 5.32 Å². The number of Topliss-reactive ketones (excluding diaryl/α,β-unsaturated/α-hetero) is 1. The summed E-state index contributed by atoms with van der Waals surface area (Å²) in [6.07, 6.45) is 2.49. The second-order valence-corrected chi connectivity index (χ2v) is 5.62. The maximum absolute atomic E-state index is 12.6. The van der Waals surface area contributed by atoms with Crippen LogP contribution in [0, 0.1) is 5.92 Å². The van der Waals surface area contributed by atoms with Crippen molar-refractivity contribution in [3.05, 3.63) is 34.4 Å². The van der Waals surface area contributed by atoms with Gasteiger partial charge < -0.3 is 19.7 Å². The molecular formula is C17H23NO6. The molecule has 0 aromatic heterocycles. The number of hydrogen-bond donors (Lipinski definition) is 1. The smallest absolute Gasteiger partial charge is 0.336 e. The van der Waals surface area contributed by atoms with Gasteiger partial charge in [0, 0.05) is 24.1 Å². The number of hydrogen-bond acceptors (Lipinski definition) is 7. The van der Waals surface area contributed by atoms with Crippen molar-refractivity contribution in [2.75, 3.05) is 26.9 Å². The largest absolute Gasteiger partial charge is 0.460 e. The van der Waals surface area contributed by atoms with Crippen LogP contribution in [-0.4, -0.2) is 38.7 Å². The molecule has 0 aliphatic carbocycles. The lowest BCUT2D eigenvalue weighted by molar-refractivity contribution is -0.273. The van der Waals surface area contributed by atoms with Crippen LogP contribution in [0.3, 0.4) is 0 Å². The van der Waals surface area contributed by atoms with E-state index >= 15 is 0 Å². The Morgan fingerprint density at radius 2 is 1.96 bits per heavy atom. The van der Waals surface area contributed by atoms with E-state index in [-0.39, 0.29) is 12.4 Å². The average molecular weight is 337 g/mol. The summed E-state index contributed by atoms with van der Waals surface area (Å²) >= 11 is 0. The number of carbonyl (C=O) groups is 2. The Hall–Kier alpha value is -2.12. The fraction of sp³-hybridized carbons (Fsp3) is 0.529. The van der Waals surface area contributed by atoms with Gasteiger partial charge in [0.1, 0.15) is 6.61 Å².